The molecule has 36 heavy (non-hydrogen) atoms. The normalized spacial score (nSPS) is 12.3. The van der Waals surface area contributed by atoms with Crippen LogP contribution in [0.1, 0.15) is 43.8 Å². The third-order valence-corrected chi connectivity index (χ3v) is 6.07. The molecular formula is C27H30N6O3. The first kappa shape index (κ1) is 24.9. The van der Waals surface area contributed by atoms with Crippen LogP contribution in [0, 0.1) is 5.41 Å². The fourth-order valence-electron chi connectivity index (χ4n) is 3.57. The molecule has 0 spiro atoms. The first-order chi connectivity index (χ1) is 17.2. The molecule has 3 N–H and O–H groups in total. The number of carbonyl (C=O) groups is 2. The Morgan fingerprint density at radius 1 is 1.14 bits per heavy atom. The summed E-state index contributed by atoms with van der Waals surface area (Å²) in [5.41, 5.74) is 4.01. The van der Waals surface area contributed by atoms with Crippen LogP contribution in [-0.2, 0) is 11.3 Å². The molecular weight excluding hydrogens is 456 g/mol. The van der Waals surface area contributed by atoms with Crippen LogP contribution in [0.15, 0.2) is 71.9 Å². The minimum Gasteiger partial charge on any atom is -0.351 e. The summed E-state index contributed by atoms with van der Waals surface area (Å²) in [6.07, 6.45) is 2.61. The van der Waals surface area contributed by atoms with E-state index in [2.05, 4.69) is 55.4 Å². The average molecular weight is 487 g/mol. The van der Waals surface area contributed by atoms with Gasteiger partial charge in [0, 0.05) is 24.3 Å². The summed E-state index contributed by atoms with van der Waals surface area (Å²) in [6.45, 7) is 12.9. The zero-order chi connectivity index (χ0) is 25.9. The largest absolute Gasteiger partial charge is 0.351 e. The fourth-order valence-corrected chi connectivity index (χ4v) is 3.57. The number of rotatable bonds is 8. The number of hydrogen-bond donors (Lipinski definition) is 3. The van der Waals surface area contributed by atoms with Gasteiger partial charge in [-0.2, -0.15) is 0 Å². The van der Waals surface area contributed by atoms with E-state index in [1.54, 1.807) is 12.1 Å². The van der Waals surface area contributed by atoms with Gasteiger partial charge in [0.1, 0.15) is 0 Å². The van der Waals surface area contributed by atoms with E-state index in [4.69, 9.17) is 9.51 Å². The van der Waals surface area contributed by atoms with Crippen LogP contribution in [0.5, 0.6) is 0 Å². The number of fused-ring (bicyclic) bond motifs is 1. The van der Waals surface area contributed by atoms with Crippen molar-refractivity contribution >= 4 is 34.5 Å². The molecule has 9 nitrogen and oxygen atoms in total. The Labute approximate surface area is 209 Å². The van der Waals surface area contributed by atoms with Crippen molar-refractivity contribution in [3.8, 4) is 5.69 Å². The van der Waals surface area contributed by atoms with E-state index in [1.165, 1.54) is 18.3 Å². The highest BCUT2D eigenvalue weighted by molar-refractivity contribution is 6.02. The van der Waals surface area contributed by atoms with Gasteiger partial charge < -0.3 is 15.2 Å². The molecule has 0 unspecified atom stereocenters. The van der Waals surface area contributed by atoms with Crippen molar-refractivity contribution in [3.05, 3.63) is 78.7 Å². The predicted molar refractivity (Wildman–Crippen MR) is 140 cm³/mol. The van der Waals surface area contributed by atoms with Gasteiger partial charge in [0.25, 0.3) is 5.91 Å². The maximum Gasteiger partial charge on any atom is 0.296 e. The van der Waals surface area contributed by atoms with Gasteiger partial charge in [-0.15, -0.1) is 0 Å². The Morgan fingerprint density at radius 3 is 2.64 bits per heavy atom. The van der Waals surface area contributed by atoms with E-state index in [-0.39, 0.29) is 17.1 Å². The highest BCUT2D eigenvalue weighted by Crippen LogP contribution is 2.28. The average Bonchev–Trinajstić information content (AvgIpc) is 3.49. The minimum atomic E-state index is -0.471. The quantitative estimate of drug-likeness (QED) is 0.305. The summed E-state index contributed by atoms with van der Waals surface area (Å²) in [5.74, 6) is -0.405. The van der Waals surface area contributed by atoms with E-state index >= 15 is 0 Å². The molecule has 2 amide bonds. The summed E-state index contributed by atoms with van der Waals surface area (Å²) >= 11 is 0. The molecule has 2 aromatic heterocycles. The van der Waals surface area contributed by atoms with Crippen LogP contribution >= 0.6 is 0 Å². The van der Waals surface area contributed by atoms with Gasteiger partial charge in [0.2, 0.25) is 17.6 Å². The summed E-state index contributed by atoms with van der Waals surface area (Å²) in [5, 5.41) is 12.8. The van der Waals surface area contributed by atoms with Crippen LogP contribution in [0.3, 0.4) is 0 Å². The summed E-state index contributed by atoms with van der Waals surface area (Å²) in [4.78, 5) is 29.3. The van der Waals surface area contributed by atoms with Gasteiger partial charge in [-0.1, -0.05) is 44.6 Å². The van der Waals surface area contributed by atoms with Crippen LogP contribution in [0.2, 0.25) is 0 Å². The summed E-state index contributed by atoms with van der Waals surface area (Å²) in [7, 11) is 0. The third-order valence-electron chi connectivity index (χ3n) is 6.07. The van der Waals surface area contributed by atoms with E-state index < -0.39 is 5.91 Å². The topological polar surface area (TPSA) is 114 Å². The van der Waals surface area contributed by atoms with Crippen molar-refractivity contribution in [2.75, 3.05) is 10.6 Å². The number of carbonyl (C=O) groups excluding carboxylic acids is 2. The molecule has 0 saturated carbocycles. The molecule has 0 fully saturated rings. The van der Waals surface area contributed by atoms with Gasteiger partial charge >= 0.3 is 0 Å². The second kappa shape index (κ2) is 10.2. The number of anilines is 2. The zero-order valence-electron chi connectivity index (χ0n) is 20.8. The molecule has 2 heterocycles. The maximum absolute atomic E-state index is 12.7. The Morgan fingerprint density at radius 2 is 1.94 bits per heavy atom. The second-order valence-corrected chi connectivity index (χ2v) is 9.64. The minimum absolute atomic E-state index is 0.0710. The lowest BCUT2D eigenvalue weighted by atomic mass is 9.88. The molecule has 0 radical (unpaired) electrons. The summed E-state index contributed by atoms with van der Waals surface area (Å²) < 4.78 is 6.82. The number of benzene rings is 2. The molecule has 4 aromatic rings. The van der Waals surface area contributed by atoms with Crippen LogP contribution in [0.25, 0.3) is 16.7 Å². The highest BCUT2D eigenvalue weighted by Gasteiger charge is 2.21. The Kier molecular flexibility index (Phi) is 7.03. The second-order valence-electron chi connectivity index (χ2n) is 9.64. The third kappa shape index (κ3) is 5.52. The van der Waals surface area contributed by atoms with Crippen molar-refractivity contribution in [1.29, 1.82) is 0 Å². The molecule has 0 aliphatic carbocycles. The number of hydrogen-bond acceptors (Lipinski definition) is 6. The lowest BCUT2D eigenvalue weighted by Crippen LogP contribution is -2.37. The first-order valence-corrected chi connectivity index (χ1v) is 11.7. The SMILES string of the molecule is C=CC(=O)Nc1cccc(-n2c(NC(=O)c3ccno3)nc3cc(CN[C@@H](C)C(C)(C)C)ccc32)c1. The van der Waals surface area contributed by atoms with Gasteiger partial charge in [-0.05, 0) is 54.3 Å². The van der Waals surface area contributed by atoms with Crippen molar-refractivity contribution in [3.63, 3.8) is 0 Å². The fraction of sp³-hybridized carbons (Fsp3) is 0.259. The van der Waals surface area contributed by atoms with Gasteiger partial charge in [-0.25, -0.2) is 4.98 Å². The van der Waals surface area contributed by atoms with Gasteiger partial charge in [0.05, 0.1) is 22.9 Å². The molecule has 0 saturated heterocycles. The highest BCUT2D eigenvalue weighted by atomic mass is 16.5. The molecule has 186 valence electrons. The monoisotopic (exact) mass is 486 g/mol. The number of aromatic nitrogens is 3. The number of amides is 2. The van der Waals surface area contributed by atoms with E-state index in [9.17, 15) is 9.59 Å². The van der Waals surface area contributed by atoms with Crippen molar-refractivity contribution in [2.45, 2.75) is 40.3 Å². The molecule has 0 bridgehead atoms. The van der Waals surface area contributed by atoms with Crippen molar-refractivity contribution in [2.24, 2.45) is 5.41 Å². The maximum atomic E-state index is 12.7. The number of imidazole rings is 1. The van der Waals surface area contributed by atoms with Crippen molar-refractivity contribution in [1.82, 2.24) is 20.0 Å². The number of nitrogens with zero attached hydrogens (tertiary/aromatic N) is 3. The molecule has 2 aromatic carbocycles. The van der Waals surface area contributed by atoms with E-state index in [0.29, 0.717) is 35.4 Å². The predicted octanol–water partition coefficient (Wildman–Crippen LogP) is 4.91. The van der Waals surface area contributed by atoms with Gasteiger partial charge in [-0.3, -0.25) is 19.5 Å². The van der Waals surface area contributed by atoms with Crippen LogP contribution < -0.4 is 16.0 Å². The Hall–Kier alpha value is -4.24. The Balaban J connectivity index is 1.73. The molecule has 9 heteroatoms. The van der Waals surface area contributed by atoms with Gasteiger partial charge in [0.15, 0.2) is 0 Å². The molecule has 4 rings (SSSR count). The van der Waals surface area contributed by atoms with E-state index in [0.717, 1.165) is 11.1 Å². The zero-order valence-corrected chi connectivity index (χ0v) is 20.8. The van der Waals surface area contributed by atoms with Crippen LogP contribution in [-0.4, -0.2) is 32.6 Å². The first-order valence-electron chi connectivity index (χ1n) is 11.7. The molecule has 0 aliphatic heterocycles. The lowest BCUT2D eigenvalue weighted by Gasteiger charge is -2.28. The number of nitrogens with one attached hydrogen (secondary N) is 3. The smallest absolute Gasteiger partial charge is 0.296 e. The lowest BCUT2D eigenvalue weighted by molar-refractivity contribution is -0.111. The van der Waals surface area contributed by atoms with Crippen molar-refractivity contribution < 1.29 is 14.1 Å². The summed E-state index contributed by atoms with van der Waals surface area (Å²) in [6, 6.07) is 15.1. The van der Waals surface area contributed by atoms with E-state index in [1.807, 2.05) is 34.9 Å². The molecule has 1 atom stereocenters. The van der Waals surface area contributed by atoms with Crippen LogP contribution in [0.4, 0.5) is 11.6 Å². The standard InChI is InChI=1S/C27H30N6O3/c1-6-24(34)30-19-8-7-9-20(15-19)33-22-11-10-18(16-28-17(2)27(3,4)5)14-21(22)31-26(33)32-25(35)23-12-13-29-36-23/h6-15,17,28H,1,16H2,2-5H3,(H,30,34)(H,31,32,35)/t17-/m0/s1. The molecule has 0 aliphatic rings. The Bertz CT molecular complexity index is 1400.